The molecule has 2 N–H and O–H groups in total. The van der Waals surface area contributed by atoms with Crippen LogP contribution in [0.1, 0.15) is 24.0 Å². The highest BCUT2D eigenvalue weighted by molar-refractivity contribution is 7.21. The number of aromatic nitrogens is 3. The number of halogens is 3. The fraction of sp³-hybridized carbons (Fsp3) is 0.250. The van der Waals surface area contributed by atoms with E-state index in [0.29, 0.717) is 24.6 Å². The summed E-state index contributed by atoms with van der Waals surface area (Å²) in [5.74, 6) is -0.323. The number of carbonyl (C=O) groups is 1. The number of carbonyl (C=O) groups excluding carboxylic acids is 1. The zero-order chi connectivity index (χ0) is 24.6. The third kappa shape index (κ3) is 4.63. The van der Waals surface area contributed by atoms with Crippen molar-refractivity contribution in [2.24, 2.45) is 0 Å². The minimum atomic E-state index is -4.60. The fourth-order valence-electron chi connectivity index (χ4n) is 4.18. The topological polar surface area (TPSA) is 91.0 Å². The highest BCUT2D eigenvalue weighted by Crippen LogP contribution is 2.37. The molecule has 2 aromatic carbocycles. The van der Waals surface area contributed by atoms with Crippen LogP contribution in [0.4, 0.5) is 18.3 Å². The summed E-state index contributed by atoms with van der Waals surface area (Å²) < 4.78 is 40.4. The second-order valence-electron chi connectivity index (χ2n) is 8.16. The van der Waals surface area contributed by atoms with Gasteiger partial charge in [-0.25, -0.2) is 9.97 Å². The molecule has 1 aliphatic heterocycles. The number of fused-ring (bicyclic) bond motifs is 1. The number of thiazole rings is 1. The van der Waals surface area contributed by atoms with Gasteiger partial charge in [0.15, 0.2) is 15.5 Å². The Morgan fingerprint density at radius 2 is 1.86 bits per heavy atom. The maximum Gasteiger partial charge on any atom is 0.417 e. The maximum absolute atomic E-state index is 13.5. The molecule has 5 rings (SSSR count). The highest BCUT2D eigenvalue weighted by Gasteiger charge is 2.35. The number of anilines is 1. The second kappa shape index (κ2) is 9.14. The van der Waals surface area contributed by atoms with Gasteiger partial charge in [0.1, 0.15) is 11.9 Å². The van der Waals surface area contributed by atoms with Gasteiger partial charge in [-0.15, -0.1) is 0 Å². The van der Waals surface area contributed by atoms with Gasteiger partial charge < -0.3 is 15.2 Å². The summed E-state index contributed by atoms with van der Waals surface area (Å²) in [7, 11) is 0. The number of benzene rings is 2. The zero-order valence-corrected chi connectivity index (χ0v) is 19.1. The molecule has 1 aliphatic rings. The third-order valence-corrected chi connectivity index (χ3v) is 6.84. The Balaban J connectivity index is 1.43. The lowest BCUT2D eigenvalue weighted by atomic mass is 10.1. The van der Waals surface area contributed by atoms with Crippen molar-refractivity contribution in [3.05, 3.63) is 76.1 Å². The summed E-state index contributed by atoms with van der Waals surface area (Å²) in [4.78, 5) is 38.8. The standard InChI is InChI=1S/C24H20F3N5O2S/c25-24(26,27)16-10-5-4-9-15(16)19-30-21(34)18-22(31-19)35-23(29-18)32-12-6-11-17(32)20(33)28-13-14-7-2-1-3-8-14/h1-5,7-10,17H,6,11-13H2,(H,28,33)(H,30,31,34). The number of H-pyrrole nitrogens is 1. The number of hydrogen-bond acceptors (Lipinski definition) is 6. The third-order valence-electron chi connectivity index (χ3n) is 5.86. The average Bonchev–Trinajstić information content (AvgIpc) is 3.50. The van der Waals surface area contributed by atoms with Crippen LogP contribution >= 0.6 is 11.3 Å². The molecule has 35 heavy (non-hydrogen) atoms. The first-order chi connectivity index (χ1) is 16.8. The van der Waals surface area contributed by atoms with Crippen LogP contribution in [0.25, 0.3) is 21.7 Å². The van der Waals surface area contributed by atoms with Crippen molar-refractivity contribution in [3.63, 3.8) is 0 Å². The summed E-state index contributed by atoms with van der Waals surface area (Å²) >= 11 is 1.09. The van der Waals surface area contributed by atoms with Crippen LogP contribution in [0.3, 0.4) is 0 Å². The summed E-state index contributed by atoms with van der Waals surface area (Å²) in [5.41, 5.74) is -0.717. The molecule has 180 valence electrons. The number of nitrogens with zero attached hydrogens (tertiary/aromatic N) is 3. The van der Waals surface area contributed by atoms with Gasteiger partial charge in [0.25, 0.3) is 5.56 Å². The lowest BCUT2D eigenvalue weighted by Gasteiger charge is -2.23. The molecule has 3 heterocycles. The molecule has 7 nitrogen and oxygen atoms in total. The Morgan fingerprint density at radius 1 is 1.11 bits per heavy atom. The van der Waals surface area contributed by atoms with Crippen molar-refractivity contribution < 1.29 is 18.0 Å². The Labute approximate surface area is 201 Å². The van der Waals surface area contributed by atoms with E-state index in [0.717, 1.165) is 29.4 Å². The largest absolute Gasteiger partial charge is 0.417 e. The highest BCUT2D eigenvalue weighted by atomic mass is 32.1. The van der Waals surface area contributed by atoms with Crippen molar-refractivity contribution in [2.45, 2.75) is 31.6 Å². The molecule has 0 aliphatic carbocycles. The van der Waals surface area contributed by atoms with Crippen molar-refractivity contribution in [3.8, 4) is 11.4 Å². The number of aromatic amines is 1. The van der Waals surface area contributed by atoms with Gasteiger partial charge in [-0.2, -0.15) is 13.2 Å². The molecule has 1 atom stereocenters. The first-order valence-corrected chi connectivity index (χ1v) is 11.8. The van der Waals surface area contributed by atoms with E-state index >= 15 is 0 Å². The van der Waals surface area contributed by atoms with Crippen LogP contribution in [-0.2, 0) is 17.5 Å². The van der Waals surface area contributed by atoms with Crippen LogP contribution in [0.2, 0.25) is 0 Å². The van der Waals surface area contributed by atoms with Gasteiger partial charge in [0, 0.05) is 18.7 Å². The minimum absolute atomic E-state index is 0.0357. The van der Waals surface area contributed by atoms with E-state index in [4.69, 9.17) is 0 Å². The second-order valence-corrected chi connectivity index (χ2v) is 9.12. The van der Waals surface area contributed by atoms with Crippen molar-refractivity contribution in [2.75, 3.05) is 11.4 Å². The predicted molar refractivity (Wildman–Crippen MR) is 127 cm³/mol. The first-order valence-electron chi connectivity index (χ1n) is 11.0. The Bertz CT molecular complexity index is 1430. The van der Waals surface area contributed by atoms with Gasteiger partial charge in [0.2, 0.25) is 5.91 Å². The van der Waals surface area contributed by atoms with E-state index in [9.17, 15) is 22.8 Å². The number of rotatable bonds is 5. The van der Waals surface area contributed by atoms with E-state index < -0.39 is 23.3 Å². The summed E-state index contributed by atoms with van der Waals surface area (Å²) in [6.45, 7) is 0.970. The van der Waals surface area contributed by atoms with E-state index in [1.807, 2.05) is 35.2 Å². The van der Waals surface area contributed by atoms with E-state index in [-0.39, 0.29) is 27.6 Å². The van der Waals surface area contributed by atoms with Crippen LogP contribution < -0.4 is 15.8 Å². The van der Waals surface area contributed by atoms with E-state index in [1.165, 1.54) is 18.2 Å². The molecule has 1 unspecified atom stereocenters. The molecular formula is C24H20F3N5O2S. The fourth-order valence-corrected chi connectivity index (χ4v) is 5.20. The minimum Gasteiger partial charge on any atom is -0.350 e. The van der Waals surface area contributed by atoms with Crippen molar-refractivity contribution in [1.29, 1.82) is 0 Å². The van der Waals surface area contributed by atoms with Crippen molar-refractivity contribution >= 4 is 32.7 Å². The number of amides is 1. The molecule has 1 saturated heterocycles. The molecule has 0 bridgehead atoms. The SMILES string of the molecule is O=C(NCc1ccccc1)C1CCCN1c1nc2c(=O)[nH]c(-c3ccccc3C(F)(F)F)nc2s1. The van der Waals surface area contributed by atoms with Gasteiger partial charge in [0.05, 0.1) is 5.56 Å². The number of alkyl halides is 3. The summed E-state index contributed by atoms with van der Waals surface area (Å²) in [5, 5.41) is 3.38. The molecule has 0 saturated carbocycles. The predicted octanol–water partition coefficient (Wildman–Crippen LogP) is 4.35. The normalized spacial score (nSPS) is 16.1. The summed E-state index contributed by atoms with van der Waals surface area (Å²) in [6.07, 6.45) is -3.20. The van der Waals surface area contributed by atoms with Gasteiger partial charge in [-0.3, -0.25) is 9.59 Å². The molecule has 11 heteroatoms. The van der Waals surface area contributed by atoms with Gasteiger partial charge >= 0.3 is 6.18 Å². The van der Waals surface area contributed by atoms with E-state index in [2.05, 4.69) is 20.3 Å². The smallest absolute Gasteiger partial charge is 0.350 e. The number of hydrogen-bond donors (Lipinski definition) is 2. The molecule has 0 radical (unpaired) electrons. The summed E-state index contributed by atoms with van der Waals surface area (Å²) in [6, 6.07) is 14.0. The molecule has 2 aromatic heterocycles. The Morgan fingerprint density at radius 3 is 2.63 bits per heavy atom. The Kier molecular flexibility index (Phi) is 6.01. The van der Waals surface area contributed by atoms with Crippen LogP contribution in [0, 0.1) is 0 Å². The lowest BCUT2D eigenvalue weighted by molar-refractivity contribution is -0.137. The molecule has 0 spiro atoms. The van der Waals surface area contributed by atoms with Crippen molar-refractivity contribution in [1.82, 2.24) is 20.3 Å². The molecular weight excluding hydrogens is 479 g/mol. The quantitative estimate of drug-likeness (QED) is 0.426. The van der Waals surface area contributed by atoms with Gasteiger partial charge in [-0.1, -0.05) is 59.9 Å². The first kappa shape index (κ1) is 23.0. The van der Waals surface area contributed by atoms with Gasteiger partial charge in [-0.05, 0) is 24.5 Å². The monoisotopic (exact) mass is 499 g/mol. The average molecular weight is 500 g/mol. The lowest BCUT2D eigenvalue weighted by Crippen LogP contribution is -2.43. The maximum atomic E-state index is 13.5. The van der Waals surface area contributed by atoms with E-state index in [1.54, 1.807) is 0 Å². The van der Waals surface area contributed by atoms with Crippen LogP contribution in [-0.4, -0.2) is 33.4 Å². The molecule has 1 fully saturated rings. The number of nitrogens with one attached hydrogen (secondary N) is 2. The Hall–Kier alpha value is -3.73. The molecule has 4 aromatic rings. The van der Waals surface area contributed by atoms with Crippen LogP contribution in [0.15, 0.2) is 59.4 Å². The van der Waals surface area contributed by atoms with Crippen LogP contribution in [0.5, 0.6) is 0 Å². The molecule has 1 amide bonds. The zero-order valence-electron chi connectivity index (χ0n) is 18.3.